The molecule has 0 unspecified atom stereocenters. The Morgan fingerprint density at radius 1 is 1.24 bits per heavy atom. The molecule has 2 N–H and O–H groups in total. The minimum Gasteiger partial charge on any atom is -0.343 e. The van der Waals surface area contributed by atoms with Crippen LogP contribution in [-0.2, 0) is 4.79 Å². The Hall–Kier alpha value is -0.570. The predicted octanol–water partition coefficient (Wildman–Crippen LogP) is 2.54. The highest BCUT2D eigenvalue weighted by Crippen LogP contribution is 2.27. The third kappa shape index (κ3) is 5.53. The third-order valence-corrected chi connectivity index (χ3v) is 3.78. The average molecular weight is 240 g/mol. The van der Waals surface area contributed by atoms with Crippen molar-refractivity contribution in [3.05, 3.63) is 0 Å². The van der Waals surface area contributed by atoms with Crippen LogP contribution in [0.1, 0.15) is 58.3 Å². The van der Waals surface area contributed by atoms with Gasteiger partial charge in [0.1, 0.15) is 0 Å². The molecule has 1 aliphatic carbocycles. The van der Waals surface area contributed by atoms with Gasteiger partial charge in [0.2, 0.25) is 5.91 Å². The van der Waals surface area contributed by atoms with Crippen LogP contribution in [0.15, 0.2) is 0 Å². The van der Waals surface area contributed by atoms with Gasteiger partial charge in [0.25, 0.3) is 0 Å². The molecular weight excluding hydrogens is 212 g/mol. The van der Waals surface area contributed by atoms with Crippen molar-refractivity contribution >= 4 is 5.91 Å². The van der Waals surface area contributed by atoms with Crippen LogP contribution in [0.25, 0.3) is 0 Å². The maximum absolute atomic E-state index is 12.0. The third-order valence-electron chi connectivity index (χ3n) is 3.78. The average Bonchev–Trinajstić information content (AvgIpc) is 2.27. The zero-order chi connectivity index (χ0) is 12.5. The quantitative estimate of drug-likeness (QED) is 0.630. The molecule has 0 bridgehead atoms. The first-order valence-electron chi connectivity index (χ1n) is 7.25. The Balaban J connectivity index is 2.10. The Labute approximate surface area is 106 Å². The summed E-state index contributed by atoms with van der Waals surface area (Å²) in [5.74, 6) is 1.14. The number of unbranched alkanes of at least 4 members (excludes halogenated alkanes) is 3. The molecule has 3 heteroatoms. The number of hydrogen-bond acceptors (Lipinski definition) is 2. The van der Waals surface area contributed by atoms with Crippen LogP contribution in [-0.4, -0.2) is 30.4 Å². The molecule has 1 aliphatic rings. The predicted molar refractivity (Wildman–Crippen MR) is 71.7 cm³/mol. The Morgan fingerprint density at radius 3 is 2.47 bits per heavy atom. The zero-order valence-corrected chi connectivity index (χ0v) is 11.3. The first-order valence-corrected chi connectivity index (χ1v) is 7.25. The molecule has 0 aromatic heterocycles. The Bertz CT molecular complexity index is 214. The lowest BCUT2D eigenvalue weighted by molar-refractivity contribution is -0.132. The number of rotatable bonds is 9. The minimum atomic E-state index is 0.354. The van der Waals surface area contributed by atoms with Crippen molar-refractivity contribution in [2.24, 2.45) is 11.7 Å². The van der Waals surface area contributed by atoms with Crippen LogP contribution in [0.5, 0.6) is 0 Å². The second-order valence-electron chi connectivity index (χ2n) is 5.18. The fourth-order valence-corrected chi connectivity index (χ4v) is 2.33. The SMILES string of the molecule is CCN(CC1CCC1)C(=O)CCCCCCN. The van der Waals surface area contributed by atoms with Gasteiger partial charge >= 0.3 is 0 Å². The van der Waals surface area contributed by atoms with E-state index in [1.807, 2.05) is 4.90 Å². The van der Waals surface area contributed by atoms with Crippen LogP contribution in [0.2, 0.25) is 0 Å². The van der Waals surface area contributed by atoms with Crippen molar-refractivity contribution in [1.29, 1.82) is 0 Å². The molecule has 0 atom stereocenters. The topological polar surface area (TPSA) is 46.3 Å². The standard InChI is InChI=1S/C14H28N2O/c1-2-16(12-13-8-7-9-13)14(17)10-5-3-4-6-11-15/h13H,2-12,15H2,1H3. The summed E-state index contributed by atoms with van der Waals surface area (Å²) in [6.45, 7) is 4.73. The highest BCUT2D eigenvalue weighted by molar-refractivity contribution is 5.76. The molecule has 1 rings (SSSR count). The highest BCUT2D eigenvalue weighted by Gasteiger charge is 2.22. The fourth-order valence-electron chi connectivity index (χ4n) is 2.33. The van der Waals surface area contributed by atoms with Crippen LogP contribution in [0.3, 0.4) is 0 Å². The van der Waals surface area contributed by atoms with Crippen LogP contribution < -0.4 is 5.73 Å². The van der Waals surface area contributed by atoms with E-state index < -0.39 is 0 Å². The normalized spacial score (nSPS) is 15.6. The van der Waals surface area contributed by atoms with Crippen molar-refractivity contribution in [2.45, 2.75) is 58.3 Å². The molecule has 0 aliphatic heterocycles. The number of carbonyl (C=O) groups is 1. The van der Waals surface area contributed by atoms with Crippen molar-refractivity contribution in [3.8, 4) is 0 Å². The van der Waals surface area contributed by atoms with Gasteiger partial charge in [-0.1, -0.05) is 19.3 Å². The van der Waals surface area contributed by atoms with Crippen molar-refractivity contribution in [1.82, 2.24) is 4.90 Å². The van der Waals surface area contributed by atoms with E-state index in [1.165, 1.54) is 25.7 Å². The van der Waals surface area contributed by atoms with E-state index in [0.29, 0.717) is 5.91 Å². The van der Waals surface area contributed by atoms with E-state index in [2.05, 4.69) is 6.92 Å². The lowest BCUT2D eigenvalue weighted by Crippen LogP contribution is -2.37. The van der Waals surface area contributed by atoms with Crippen LogP contribution in [0, 0.1) is 5.92 Å². The van der Waals surface area contributed by atoms with E-state index in [9.17, 15) is 4.79 Å². The van der Waals surface area contributed by atoms with Crippen LogP contribution >= 0.6 is 0 Å². The van der Waals surface area contributed by atoms with Crippen LogP contribution in [0.4, 0.5) is 0 Å². The summed E-state index contributed by atoms with van der Waals surface area (Å²) in [6, 6.07) is 0. The maximum atomic E-state index is 12.0. The molecule has 1 saturated carbocycles. The first kappa shape index (κ1) is 14.5. The van der Waals surface area contributed by atoms with Gasteiger partial charge in [0, 0.05) is 19.5 Å². The van der Waals surface area contributed by atoms with E-state index in [4.69, 9.17) is 5.73 Å². The summed E-state index contributed by atoms with van der Waals surface area (Å²) in [7, 11) is 0. The van der Waals surface area contributed by atoms with E-state index >= 15 is 0 Å². The van der Waals surface area contributed by atoms with Gasteiger partial charge in [-0.3, -0.25) is 4.79 Å². The van der Waals surface area contributed by atoms with E-state index in [-0.39, 0.29) is 0 Å². The molecule has 0 heterocycles. The summed E-state index contributed by atoms with van der Waals surface area (Å²) in [6.07, 6.45) is 9.15. The first-order chi connectivity index (χ1) is 8.27. The fraction of sp³-hybridized carbons (Fsp3) is 0.929. The number of carbonyl (C=O) groups excluding carboxylic acids is 1. The van der Waals surface area contributed by atoms with Gasteiger partial charge in [-0.2, -0.15) is 0 Å². The maximum Gasteiger partial charge on any atom is 0.222 e. The largest absolute Gasteiger partial charge is 0.343 e. The number of amides is 1. The molecule has 1 fully saturated rings. The molecule has 0 radical (unpaired) electrons. The molecule has 17 heavy (non-hydrogen) atoms. The monoisotopic (exact) mass is 240 g/mol. The molecule has 0 aromatic rings. The second-order valence-corrected chi connectivity index (χ2v) is 5.18. The van der Waals surface area contributed by atoms with Gasteiger partial charge in [0.15, 0.2) is 0 Å². The zero-order valence-electron chi connectivity index (χ0n) is 11.3. The summed E-state index contributed by atoms with van der Waals surface area (Å²) in [5.41, 5.74) is 5.44. The number of hydrogen-bond donors (Lipinski definition) is 1. The molecule has 0 saturated heterocycles. The smallest absolute Gasteiger partial charge is 0.222 e. The number of nitrogens with two attached hydrogens (primary N) is 1. The second kappa shape index (κ2) is 8.51. The Morgan fingerprint density at radius 2 is 1.94 bits per heavy atom. The Kier molecular flexibility index (Phi) is 7.25. The molecule has 100 valence electrons. The van der Waals surface area contributed by atoms with Gasteiger partial charge in [-0.15, -0.1) is 0 Å². The van der Waals surface area contributed by atoms with E-state index in [0.717, 1.165) is 51.2 Å². The lowest BCUT2D eigenvalue weighted by Gasteiger charge is -2.31. The van der Waals surface area contributed by atoms with Gasteiger partial charge in [-0.25, -0.2) is 0 Å². The highest BCUT2D eigenvalue weighted by atomic mass is 16.2. The lowest BCUT2D eigenvalue weighted by atomic mass is 9.85. The van der Waals surface area contributed by atoms with E-state index in [1.54, 1.807) is 0 Å². The van der Waals surface area contributed by atoms with Gasteiger partial charge < -0.3 is 10.6 Å². The van der Waals surface area contributed by atoms with Gasteiger partial charge in [0.05, 0.1) is 0 Å². The van der Waals surface area contributed by atoms with Crippen molar-refractivity contribution < 1.29 is 4.79 Å². The van der Waals surface area contributed by atoms with Crippen molar-refractivity contribution in [2.75, 3.05) is 19.6 Å². The molecule has 0 spiro atoms. The summed E-state index contributed by atoms with van der Waals surface area (Å²) in [4.78, 5) is 14.0. The van der Waals surface area contributed by atoms with Gasteiger partial charge in [-0.05, 0) is 45.1 Å². The number of nitrogens with zero attached hydrogens (tertiary/aromatic N) is 1. The molecular formula is C14H28N2O. The molecule has 0 aromatic carbocycles. The summed E-state index contributed by atoms with van der Waals surface area (Å²) >= 11 is 0. The molecule has 1 amide bonds. The van der Waals surface area contributed by atoms with Crippen molar-refractivity contribution in [3.63, 3.8) is 0 Å². The summed E-state index contributed by atoms with van der Waals surface area (Å²) < 4.78 is 0. The molecule has 3 nitrogen and oxygen atoms in total. The minimum absolute atomic E-state index is 0.354. The summed E-state index contributed by atoms with van der Waals surface area (Å²) in [5, 5.41) is 0.